The van der Waals surface area contributed by atoms with Gasteiger partial charge in [0.25, 0.3) is 0 Å². The normalized spacial score (nSPS) is 3.75. The Morgan fingerprint density at radius 2 is 1.25 bits per heavy atom. The summed E-state index contributed by atoms with van der Waals surface area (Å²) in [5, 5.41) is 9.30. The molecular weight excluding hydrogens is 206 g/mol. The van der Waals surface area contributed by atoms with Gasteiger partial charge in [-0.25, -0.2) is 0 Å². The third kappa shape index (κ3) is 49.9. The summed E-state index contributed by atoms with van der Waals surface area (Å²) in [4.78, 5) is 0. The van der Waals surface area contributed by atoms with E-state index < -0.39 is 0 Å². The van der Waals surface area contributed by atoms with Crippen molar-refractivity contribution < 1.29 is 64.0 Å². The van der Waals surface area contributed by atoms with Crippen LogP contribution in [-0.4, -0.2) is 6.61 Å². The topological polar surface area (TPSA) is 23.1 Å². The summed E-state index contributed by atoms with van der Waals surface area (Å²) in [6, 6.07) is 0. The Morgan fingerprint density at radius 1 is 1.12 bits per heavy atom. The van der Waals surface area contributed by atoms with Crippen molar-refractivity contribution >= 4 is 0 Å². The van der Waals surface area contributed by atoms with Crippen LogP contribution in [0.1, 0.15) is 13.3 Å². The number of hydrogen-bond donors (Lipinski definition) is 0. The minimum Gasteiger partial charge on any atom is -1.00 e. The van der Waals surface area contributed by atoms with E-state index in [9.17, 15) is 5.11 Å². The van der Waals surface area contributed by atoms with Crippen LogP contribution in [0, 0.1) is 0 Å². The number of hydrogen-bond acceptors (Lipinski definition) is 1. The van der Waals surface area contributed by atoms with E-state index in [-0.39, 0.29) is 65.5 Å². The maximum atomic E-state index is 9.30. The minimum absolute atomic E-state index is 0. The van der Waals surface area contributed by atoms with E-state index in [4.69, 9.17) is 0 Å². The van der Waals surface area contributed by atoms with Crippen molar-refractivity contribution in [3.8, 4) is 0 Å². The van der Waals surface area contributed by atoms with Crippen molar-refractivity contribution in [3.05, 3.63) is 0 Å². The Morgan fingerprint density at radius 3 is 1.25 bits per heavy atom. The van der Waals surface area contributed by atoms with E-state index >= 15 is 0 Å². The molecule has 0 bridgehead atoms. The van der Waals surface area contributed by atoms with Crippen LogP contribution >= 0.6 is 0 Å². The zero-order valence-electron chi connectivity index (χ0n) is 4.46. The van der Waals surface area contributed by atoms with Gasteiger partial charge in [0, 0.05) is 0 Å². The van der Waals surface area contributed by atoms with Gasteiger partial charge < -0.3 is 42.3 Å². The monoisotopic (exact) mass is 212 g/mol. The molecule has 0 amide bonds. The van der Waals surface area contributed by atoms with Crippen molar-refractivity contribution in [2.24, 2.45) is 0 Å². The molecule has 1 nitrogen and oxygen atoms in total. The molecular formula is C3H7Cl3OTi. The van der Waals surface area contributed by atoms with E-state index in [2.05, 4.69) is 0 Å². The molecule has 0 aliphatic carbocycles. The van der Waals surface area contributed by atoms with Gasteiger partial charge in [-0.1, -0.05) is 13.3 Å². The van der Waals surface area contributed by atoms with Gasteiger partial charge in [0.15, 0.2) is 0 Å². The first-order valence-electron chi connectivity index (χ1n) is 1.50. The summed E-state index contributed by atoms with van der Waals surface area (Å²) in [5.74, 6) is 0. The molecule has 0 spiro atoms. The van der Waals surface area contributed by atoms with Crippen LogP contribution < -0.4 is 42.3 Å². The van der Waals surface area contributed by atoms with Crippen LogP contribution in [-0.2, 0) is 21.7 Å². The van der Waals surface area contributed by atoms with E-state index in [0.717, 1.165) is 6.42 Å². The molecule has 0 atom stereocenters. The zero-order valence-corrected chi connectivity index (χ0v) is 8.29. The van der Waals surface area contributed by atoms with Gasteiger partial charge in [-0.3, -0.25) is 0 Å². The second-order valence-corrected chi connectivity index (χ2v) is 0.704. The molecule has 50 valence electrons. The van der Waals surface area contributed by atoms with E-state index in [1.807, 2.05) is 6.92 Å². The molecule has 0 unspecified atom stereocenters. The van der Waals surface area contributed by atoms with Gasteiger partial charge in [-0.05, 0) is 0 Å². The molecule has 0 aliphatic heterocycles. The van der Waals surface area contributed by atoms with Gasteiger partial charge in [-0.2, -0.15) is 0 Å². The van der Waals surface area contributed by atoms with Crippen LogP contribution in [0.5, 0.6) is 0 Å². The summed E-state index contributed by atoms with van der Waals surface area (Å²) in [6.45, 7) is 1.94. The van der Waals surface area contributed by atoms with Crippen molar-refractivity contribution in [3.63, 3.8) is 0 Å². The Balaban J connectivity index is -0.00000000750. The SMILES string of the molecule is CCC[O-].[Cl-].[Cl-].[Cl-].[Ti+4]. The first-order chi connectivity index (χ1) is 1.91. The fourth-order valence-electron chi connectivity index (χ4n) is 0. The zero-order chi connectivity index (χ0) is 3.41. The summed E-state index contributed by atoms with van der Waals surface area (Å²) < 4.78 is 0. The molecule has 0 rings (SSSR count). The first-order valence-corrected chi connectivity index (χ1v) is 1.50. The Hall–Kier alpha value is 1.54. The molecule has 8 heavy (non-hydrogen) atoms. The molecule has 0 fully saturated rings. The molecule has 0 heterocycles. The standard InChI is InChI=1S/C3H7O.3ClH.Ti/c1-2-3-4;;;;/h2-3H2,1H3;3*1H;/q-1;;;;+4/p-3. The molecule has 0 radical (unpaired) electrons. The second-order valence-electron chi connectivity index (χ2n) is 0.704. The van der Waals surface area contributed by atoms with E-state index in [0.29, 0.717) is 0 Å². The van der Waals surface area contributed by atoms with Gasteiger partial charge in [0.1, 0.15) is 0 Å². The van der Waals surface area contributed by atoms with Crippen LogP contribution in [0.3, 0.4) is 0 Å². The molecule has 0 N–H and O–H groups in total. The average Bonchev–Trinajstić information content (AvgIpc) is 1.37. The summed E-state index contributed by atoms with van der Waals surface area (Å²) >= 11 is 0. The maximum absolute atomic E-state index is 9.30. The number of halogens is 3. The molecule has 0 aromatic rings. The summed E-state index contributed by atoms with van der Waals surface area (Å²) in [5.41, 5.74) is 0. The Kier molecular flexibility index (Phi) is 163. The Labute approximate surface area is 83.7 Å². The van der Waals surface area contributed by atoms with Crippen molar-refractivity contribution in [2.45, 2.75) is 13.3 Å². The third-order valence-corrected chi connectivity index (χ3v) is 0.204. The largest absolute Gasteiger partial charge is 4.00 e. The molecule has 5 heteroatoms. The number of rotatable bonds is 1. The predicted molar refractivity (Wildman–Crippen MR) is 15.2 cm³/mol. The molecule has 0 aliphatic rings. The minimum atomic E-state index is 0. The molecule has 0 saturated heterocycles. The fourth-order valence-corrected chi connectivity index (χ4v) is 0. The second kappa shape index (κ2) is 38.7. The van der Waals surface area contributed by atoms with Gasteiger partial charge in [0.05, 0.1) is 0 Å². The Bertz CT molecular complexity index is 16.5. The van der Waals surface area contributed by atoms with E-state index in [1.54, 1.807) is 0 Å². The quantitative estimate of drug-likeness (QED) is 0.397. The van der Waals surface area contributed by atoms with Crippen LogP contribution in [0.25, 0.3) is 0 Å². The average molecular weight is 213 g/mol. The van der Waals surface area contributed by atoms with Gasteiger partial charge >= 0.3 is 21.7 Å². The van der Waals surface area contributed by atoms with Gasteiger partial charge in [0.2, 0.25) is 0 Å². The maximum Gasteiger partial charge on any atom is 4.00 e. The fraction of sp³-hybridized carbons (Fsp3) is 1.00. The molecule has 0 aromatic carbocycles. The smallest absolute Gasteiger partial charge is 1.00 e. The van der Waals surface area contributed by atoms with Crippen LogP contribution in [0.15, 0.2) is 0 Å². The molecule has 0 saturated carbocycles. The van der Waals surface area contributed by atoms with Gasteiger partial charge in [-0.15, -0.1) is 6.61 Å². The van der Waals surface area contributed by atoms with Crippen LogP contribution in [0.2, 0.25) is 0 Å². The van der Waals surface area contributed by atoms with Crippen molar-refractivity contribution in [1.29, 1.82) is 0 Å². The van der Waals surface area contributed by atoms with E-state index in [1.165, 1.54) is 0 Å². The van der Waals surface area contributed by atoms with Crippen molar-refractivity contribution in [2.75, 3.05) is 6.61 Å². The summed E-state index contributed by atoms with van der Waals surface area (Å²) in [7, 11) is 0. The molecule has 0 aromatic heterocycles. The first kappa shape index (κ1) is 33.7. The summed E-state index contributed by atoms with van der Waals surface area (Å²) in [6.07, 6.45) is 0.764. The van der Waals surface area contributed by atoms with Crippen molar-refractivity contribution in [1.82, 2.24) is 0 Å². The predicted octanol–water partition coefficient (Wildman–Crippen LogP) is -9.23. The third-order valence-electron chi connectivity index (χ3n) is 0.204. The van der Waals surface area contributed by atoms with Crippen LogP contribution in [0.4, 0.5) is 0 Å².